The van der Waals surface area contributed by atoms with Crippen molar-refractivity contribution in [1.29, 1.82) is 0 Å². The molecule has 0 bridgehead atoms. The van der Waals surface area contributed by atoms with Crippen molar-refractivity contribution < 1.29 is 10.2 Å². The van der Waals surface area contributed by atoms with Crippen LogP contribution in [0.4, 0.5) is 17.1 Å². The van der Waals surface area contributed by atoms with Gasteiger partial charge in [-0.15, -0.1) is 0 Å². The van der Waals surface area contributed by atoms with E-state index in [0.717, 1.165) is 22.1 Å². The van der Waals surface area contributed by atoms with E-state index in [9.17, 15) is 0 Å². The molecule has 6 rings (SSSR count). The van der Waals surface area contributed by atoms with Crippen molar-refractivity contribution in [2.75, 3.05) is 4.90 Å². The first kappa shape index (κ1) is 11.3. The molecule has 0 spiro atoms. The molecule has 0 radical (unpaired) electrons. The third kappa shape index (κ3) is 2.03. The molecule has 4 aromatic carbocycles. The van der Waals surface area contributed by atoms with E-state index in [0.29, 0.717) is 35.0 Å². The van der Waals surface area contributed by atoms with E-state index in [2.05, 4.69) is 0 Å². The number of hydrogen-bond donors (Lipinski definition) is 0. The van der Waals surface area contributed by atoms with E-state index in [-0.39, 0.29) is 18.8 Å². The Morgan fingerprint density at radius 3 is 2.33 bits per heavy atom. The van der Waals surface area contributed by atoms with Crippen LogP contribution in [0, 0.1) is 0 Å². The summed E-state index contributed by atoms with van der Waals surface area (Å²) in [7, 11) is 0. The first-order valence-electron chi connectivity index (χ1n) is 10.9. The molecule has 2 nitrogen and oxygen atoms in total. The van der Waals surface area contributed by atoms with Crippen LogP contribution >= 0.6 is 0 Å². The van der Waals surface area contributed by atoms with Gasteiger partial charge in [-0.3, -0.25) is 0 Å². The quantitative estimate of drug-likeness (QED) is 0.415. The zero-order chi connectivity index (χ0) is 21.3. The molecular weight excluding hydrogens is 329 g/mol. The lowest BCUT2D eigenvalue weighted by Gasteiger charge is -2.39. The summed E-state index contributed by atoms with van der Waals surface area (Å²) < 4.78 is 40.4. The van der Waals surface area contributed by atoms with Gasteiger partial charge in [0.2, 0.25) is 0 Å². The molecule has 2 aliphatic rings. The lowest BCUT2D eigenvalue weighted by molar-refractivity contribution is 0.487. The fraction of sp³-hybridized carbons (Fsp3) is 0. The molecule has 0 amide bonds. The third-order valence-electron chi connectivity index (χ3n) is 5.20. The van der Waals surface area contributed by atoms with Crippen molar-refractivity contribution in [1.82, 2.24) is 0 Å². The second-order valence-electron chi connectivity index (χ2n) is 6.65. The van der Waals surface area contributed by atoms with E-state index >= 15 is 0 Å². The Balaban J connectivity index is 1.75. The fourth-order valence-corrected chi connectivity index (χ4v) is 4.14. The Bertz CT molecular complexity index is 1370. The normalized spacial score (nSPS) is 15.4. The van der Waals surface area contributed by atoms with Gasteiger partial charge in [-0.25, -0.2) is 0 Å². The maximum Gasteiger partial charge on any atom is 0.256 e. The number of fused-ring (bicyclic) bond motifs is 4. The molecule has 0 unspecified atom stereocenters. The van der Waals surface area contributed by atoms with Gasteiger partial charge in [-0.2, -0.15) is 0 Å². The summed E-state index contributed by atoms with van der Waals surface area (Å²) in [6.45, 7) is -0.191. The van der Waals surface area contributed by atoms with Crippen LogP contribution in [0.1, 0.15) is 5.48 Å². The molecule has 0 fully saturated rings. The molecule has 0 N–H and O–H groups in total. The summed E-state index contributed by atoms with van der Waals surface area (Å²) in [5.74, 6) is 1.20. The van der Waals surface area contributed by atoms with E-state index < -0.39 is 0 Å². The van der Waals surface area contributed by atoms with Crippen LogP contribution in [0.3, 0.4) is 0 Å². The average Bonchev–Trinajstić information content (AvgIpc) is 2.76. The van der Waals surface area contributed by atoms with E-state index in [4.69, 9.17) is 10.2 Å². The van der Waals surface area contributed by atoms with Crippen LogP contribution < -0.4 is 26.0 Å². The predicted molar refractivity (Wildman–Crippen MR) is 112 cm³/mol. The van der Waals surface area contributed by atoms with Gasteiger partial charge in [0, 0.05) is 17.1 Å². The monoisotopic (exact) mass is 349 g/mol. The molecule has 0 aliphatic carbocycles. The third-order valence-corrected chi connectivity index (χ3v) is 5.20. The van der Waals surface area contributed by atoms with E-state index in [1.165, 1.54) is 0 Å². The van der Waals surface area contributed by atoms with E-state index in [1.54, 1.807) is 30.3 Å². The molecule has 4 aromatic rings. The molecule has 2 aliphatic heterocycles. The van der Waals surface area contributed by atoms with Crippen LogP contribution in [0.15, 0.2) is 97.0 Å². The Morgan fingerprint density at radius 2 is 1.44 bits per heavy atom. The highest BCUT2D eigenvalue weighted by molar-refractivity contribution is 6.99. The Labute approximate surface area is 164 Å². The predicted octanol–water partition coefficient (Wildman–Crippen LogP) is 4.09. The molecule has 0 saturated carbocycles. The zero-order valence-corrected chi connectivity index (χ0v) is 14.4. The Hall–Kier alpha value is -3.46. The molecular formula is C24H16BNO. The number of para-hydroxylation sites is 3. The van der Waals surface area contributed by atoms with Crippen LogP contribution in [0.25, 0.3) is 0 Å². The minimum absolute atomic E-state index is 0.191. The van der Waals surface area contributed by atoms with Gasteiger partial charge < -0.3 is 9.64 Å². The topological polar surface area (TPSA) is 12.5 Å². The summed E-state index contributed by atoms with van der Waals surface area (Å²) in [4.78, 5) is 1.86. The van der Waals surface area contributed by atoms with Crippen molar-refractivity contribution in [2.45, 2.75) is 0 Å². The highest BCUT2D eigenvalue weighted by Gasteiger charge is 2.41. The number of ether oxygens (including phenoxy) is 1. The van der Waals surface area contributed by atoms with Crippen molar-refractivity contribution in [3.05, 3.63) is 97.0 Å². The van der Waals surface area contributed by atoms with Crippen LogP contribution in [-0.4, -0.2) is 6.71 Å². The van der Waals surface area contributed by atoms with Gasteiger partial charge in [0.05, 0.1) is 5.48 Å². The average molecular weight is 349 g/mol. The first-order chi connectivity index (χ1) is 15.1. The number of rotatable bonds is 1. The van der Waals surface area contributed by atoms with Gasteiger partial charge >= 0.3 is 0 Å². The fourth-order valence-electron chi connectivity index (χ4n) is 4.14. The highest BCUT2D eigenvalue weighted by atomic mass is 16.5. The minimum atomic E-state index is -0.191. The number of anilines is 3. The summed E-state index contributed by atoms with van der Waals surface area (Å²) in [6.07, 6.45) is 0. The minimum Gasteiger partial charge on any atom is -0.458 e. The molecule has 0 saturated heterocycles. The SMILES string of the molecule is [2H]c1cccc2c1Oc1cccc3c1B2c1cccc([2H])c1N3c1c([2H])cccc1[2H]. The van der Waals surface area contributed by atoms with E-state index in [1.807, 2.05) is 47.4 Å². The lowest BCUT2D eigenvalue weighted by atomic mass is 9.34. The lowest BCUT2D eigenvalue weighted by Crippen LogP contribution is -2.59. The zero-order valence-electron chi connectivity index (χ0n) is 18.4. The van der Waals surface area contributed by atoms with Crippen LogP contribution in [0.2, 0.25) is 0 Å². The van der Waals surface area contributed by atoms with Crippen molar-refractivity contribution >= 4 is 40.2 Å². The number of benzene rings is 4. The second-order valence-corrected chi connectivity index (χ2v) is 6.65. The van der Waals surface area contributed by atoms with Crippen LogP contribution in [-0.2, 0) is 0 Å². The second kappa shape index (κ2) is 5.52. The molecule has 2 heterocycles. The largest absolute Gasteiger partial charge is 0.458 e. The standard InChI is InChI=1S/C24H16BNO/c1-2-9-17(10-3-1)26-20-13-6-4-11-18(20)25-19-12-5-7-15-22(19)27-23-16-8-14-21(26)24(23)25/h1-16H/i9D,10D,13D,15D. The number of hydrogen-bond acceptors (Lipinski definition) is 2. The summed E-state index contributed by atoms with van der Waals surface area (Å²) in [5, 5.41) is 0. The summed E-state index contributed by atoms with van der Waals surface area (Å²) in [5.41, 5.74) is 4.63. The number of nitrogens with zero attached hydrogens (tertiary/aromatic N) is 1. The highest BCUT2D eigenvalue weighted by Crippen LogP contribution is 2.39. The maximum atomic E-state index is 8.74. The van der Waals surface area contributed by atoms with Crippen molar-refractivity contribution in [3.8, 4) is 11.5 Å². The summed E-state index contributed by atoms with van der Waals surface area (Å²) in [6, 6.07) is 23.0. The smallest absolute Gasteiger partial charge is 0.256 e. The van der Waals surface area contributed by atoms with Gasteiger partial charge in [-0.05, 0) is 52.7 Å². The molecule has 0 atom stereocenters. The molecule has 126 valence electrons. The van der Waals surface area contributed by atoms with Gasteiger partial charge in [0.1, 0.15) is 11.5 Å². The Morgan fingerprint density at radius 1 is 0.667 bits per heavy atom. The van der Waals surface area contributed by atoms with Gasteiger partial charge in [-0.1, -0.05) is 60.7 Å². The molecule has 3 heteroatoms. The van der Waals surface area contributed by atoms with Crippen LogP contribution in [0.5, 0.6) is 11.5 Å². The molecule has 0 aromatic heterocycles. The molecule has 27 heavy (non-hydrogen) atoms. The maximum absolute atomic E-state index is 8.74. The van der Waals surface area contributed by atoms with Crippen molar-refractivity contribution in [3.63, 3.8) is 0 Å². The summed E-state index contributed by atoms with van der Waals surface area (Å²) >= 11 is 0. The van der Waals surface area contributed by atoms with Gasteiger partial charge in [0.15, 0.2) is 0 Å². The van der Waals surface area contributed by atoms with Gasteiger partial charge in [0.25, 0.3) is 6.71 Å². The van der Waals surface area contributed by atoms with Crippen molar-refractivity contribution in [2.24, 2.45) is 0 Å². The Kier molecular flexibility index (Phi) is 2.31. The first-order valence-corrected chi connectivity index (χ1v) is 8.92.